The smallest absolute Gasteiger partial charge is 0.253 e. The lowest BCUT2D eigenvalue weighted by atomic mass is 10.0. The Morgan fingerprint density at radius 1 is 1.00 bits per heavy atom. The number of hydrogen-bond acceptors (Lipinski definition) is 7. The van der Waals surface area contributed by atoms with E-state index >= 15 is 0 Å². The molecule has 0 spiro atoms. The van der Waals surface area contributed by atoms with Crippen molar-refractivity contribution < 1.29 is 13.9 Å². The number of carbonyl (C=O) groups is 1. The third-order valence-corrected chi connectivity index (χ3v) is 6.02. The van der Waals surface area contributed by atoms with Gasteiger partial charge in [0.1, 0.15) is 24.6 Å². The molecule has 1 fully saturated rings. The Morgan fingerprint density at radius 3 is 2.64 bits per heavy atom. The average Bonchev–Trinajstić information content (AvgIpc) is 2.93. The van der Waals surface area contributed by atoms with E-state index in [2.05, 4.69) is 30.2 Å². The molecule has 182 valence electrons. The number of carbonyl (C=O) groups excluding carboxylic acids is 1. The van der Waals surface area contributed by atoms with E-state index < -0.39 is 0 Å². The largest absolute Gasteiger partial charge is 0.471 e. The highest BCUT2D eigenvalue weighted by atomic mass is 19.1. The number of rotatable bonds is 7. The number of anilines is 1. The first-order chi connectivity index (χ1) is 17.6. The first-order valence-electron chi connectivity index (χ1n) is 11.8. The van der Waals surface area contributed by atoms with Gasteiger partial charge in [-0.2, -0.15) is 0 Å². The number of pyridine rings is 2. The number of hydrogen-bond donors (Lipinski definition) is 1. The Hall–Kier alpha value is -4.40. The van der Waals surface area contributed by atoms with Crippen LogP contribution in [-0.2, 0) is 6.61 Å². The summed E-state index contributed by atoms with van der Waals surface area (Å²) < 4.78 is 19.2. The normalized spacial score (nSPS) is 13.9. The molecule has 1 saturated heterocycles. The van der Waals surface area contributed by atoms with E-state index in [1.165, 1.54) is 24.7 Å². The third-order valence-electron chi connectivity index (χ3n) is 6.02. The molecule has 0 radical (unpaired) electrons. The minimum Gasteiger partial charge on any atom is -0.471 e. The van der Waals surface area contributed by atoms with Crippen molar-refractivity contribution in [1.29, 1.82) is 0 Å². The summed E-state index contributed by atoms with van der Waals surface area (Å²) in [6.07, 6.45) is 6.32. The number of benzene rings is 1. The van der Waals surface area contributed by atoms with E-state index in [1.54, 1.807) is 30.5 Å². The fourth-order valence-electron chi connectivity index (χ4n) is 4.08. The second kappa shape index (κ2) is 10.9. The Bertz CT molecular complexity index is 1310. The van der Waals surface area contributed by atoms with E-state index in [0.717, 1.165) is 37.4 Å². The molecule has 5 rings (SSSR count). The molecule has 1 N–H and O–H groups in total. The second-order valence-corrected chi connectivity index (χ2v) is 8.50. The topological polar surface area (TPSA) is 93.1 Å². The molecule has 8 nitrogen and oxygen atoms in total. The maximum atomic E-state index is 13.5. The van der Waals surface area contributed by atoms with E-state index in [1.807, 2.05) is 24.3 Å². The van der Waals surface area contributed by atoms with Gasteiger partial charge in [-0.15, -0.1) is 0 Å². The van der Waals surface area contributed by atoms with Crippen LogP contribution in [0.5, 0.6) is 5.88 Å². The van der Waals surface area contributed by atoms with Gasteiger partial charge in [0, 0.05) is 43.2 Å². The van der Waals surface area contributed by atoms with Crippen LogP contribution in [0, 0.1) is 5.82 Å². The van der Waals surface area contributed by atoms with Crippen molar-refractivity contribution in [3.63, 3.8) is 0 Å². The van der Waals surface area contributed by atoms with Crippen LogP contribution < -0.4 is 15.0 Å². The summed E-state index contributed by atoms with van der Waals surface area (Å²) in [7, 11) is 0. The molecule has 0 bridgehead atoms. The van der Waals surface area contributed by atoms with Crippen LogP contribution in [0.15, 0.2) is 79.4 Å². The molecule has 0 unspecified atom stereocenters. The average molecular weight is 485 g/mol. The van der Waals surface area contributed by atoms with Crippen molar-refractivity contribution in [3.8, 4) is 17.1 Å². The Kier molecular flexibility index (Phi) is 7.07. The predicted molar refractivity (Wildman–Crippen MR) is 133 cm³/mol. The van der Waals surface area contributed by atoms with Crippen LogP contribution in [0.3, 0.4) is 0 Å². The fourth-order valence-corrected chi connectivity index (χ4v) is 4.08. The first-order valence-corrected chi connectivity index (χ1v) is 11.8. The van der Waals surface area contributed by atoms with Crippen molar-refractivity contribution in [2.45, 2.75) is 25.5 Å². The molecule has 1 aromatic carbocycles. The van der Waals surface area contributed by atoms with E-state index in [-0.39, 0.29) is 17.8 Å². The van der Waals surface area contributed by atoms with Crippen LogP contribution in [-0.4, -0.2) is 45.0 Å². The molecule has 0 saturated carbocycles. The summed E-state index contributed by atoms with van der Waals surface area (Å²) >= 11 is 0. The maximum Gasteiger partial charge on any atom is 0.253 e. The predicted octanol–water partition coefficient (Wildman–Crippen LogP) is 4.05. The number of nitrogens with one attached hydrogen (secondary N) is 1. The number of piperidine rings is 1. The fraction of sp³-hybridized carbons (Fsp3) is 0.222. The third kappa shape index (κ3) is 5.80. The van der Waals surface area contributed by atoms with Gasteiger partial charge in [0.25, 0.3) is 5.91 Å². The molecule has 4 heterocycles. The minimum absolute atomic E-state index is 0.0540. The van der Waals surface area contributed by atoms with Crippen molar-refractivity contribution in [1.82, 2.24) is 25.3 Å². The van der Waals surface area contributed by atoms with Crippen LogP contribution in [0.1, 0.15) is 28.9 Å². The molecular weight excluding hydrogens is 459 g/mol. The van der Waals surface area contributed by atoms with Crippen LogP contribution in [0.25, 0.3) is 11.3 Å². The lowest BCUT2D eigenvalue weighted by molar-refractivity contribution is 0.0930. The highest BCUT2D eigenvalue weighted by molar-refractivity contribution is 5.94. The van der Waals surface area contributed by atoms with Gasteiger partial charge in [0.2, 0.25) is 5.88 Å². The Morgan fingerprint density at radius 2 is 1.89 bits per heavy atom. The van der Waals surface area contributed by atoms with Crippen LogP contribution >= 0.6 is 0 Å². The van der Waals surface area contributed by atoms with Crippen LogP contribution in [0.4, 0.5) is 10.2 Å². The lowest BCUT2D eigenvalue weighted by Crippen LogP contribution is -2.45. The second-order valence-electron chi connectivity index (χ2n) is 8.50. The highest BCUT2D eigenvalue weighted by Gasteiger charge is 2.22. The first kappa shape index (κ1) is 23.3. The zero-order valence-corrected chi connectivity index (χ0v) is 19.5. The monoisotopic (exact) mass is 484 g/mol. The molecule has 0 atom stereocenters. The van der Waals surface area contributed by atoms with Gasteiger partial charge in [0.05, 0.1) is 17.0 Å². The molecule has 1 amide bonds. The zero-order valence-electron chi connectivity index (χ0n) is 19.5. The van der Waals surface area contributed by atoms with Crippen LogP contribution in [0.2, 0.25) is 0 Å². The van der Waals surface area contributed by atoms with Crippen molar-refractivity contribution in [3.05, 3.63) is 96.5 Å². The molecule has 4 aromatic rings. The molecule has 3 aromatic heterocycles. The van der Waals surface area contributed by atoms with Gasteiger partial charge in [-0.25, -0.2) is 14.4 Å². The van der Waals surface area contributed by atoms with Gasteiger partial charge in [0.15, 0.2) is 0 Å². The van der Waals surface area contributed by atoms with E-state index in [9.17, 15) is 9.18 Å². The van der Waals surface area contributed by atoms with Crippen molar-refractivity contribution >= 4 is 11.7 Å². The molecule has 1 aliphatic rings. The molecule has 9 heteroatoms. The summed E-state index contributed by atoms with van der Waals surface area (Å²) in [5, 5.41) is 3.10. The summed E-state index contributed by atoms with van der Waals surface area (Å²) in [5.74, 6) is 0.801. The summed E-state index contributed by atoms with van der Waals surface area (Å²) in [4.78, 5) is 32.1. The number of ether oxygens (including phenoxy) is 1. The molecular formula is C27H25FN6O2. The summed E-state index contributed by atoms with van der Waals surface area (Å²) in [6, 6.07) is 17.2. The summed E-state index contributed by atoms with van der Waals surface area (Å²) in [6.45, 7) is 1.83. The van der Waals surface area contributed by atoms with Gasteiger partial charge >= 0.3 is 0 Å². The molecule has 36 heavy (non-hydrogen) atoms. The Labute approximate surface area is 208 Å². The quantitative estimate of drug-likeness (QED) is 0.423. The van der Waals surface area contributed by atoms with Gasteiger partial charge in [-0.3, -0.25) is 14.8 Å². The van der Waals surface area contributed by atoms with E-state index in [4.69, 9.17) is 4.74 Å². The zero-order chi connectivity index (χ0) is 24.7. The molecule has 0 aliphatic carbocycles. The maximum absolute atomic E-state index is 13.5. The molecule has 1 aliphatic heterocycles. The highest BCUT2D eigenvalue weighted by Crippen LogP contribution is 2.22. The van der Waals surface area contributed by atoms with Gasteiger partial charge in [-0.1, -0.05) is 18.2 Å². The SMILES string of the molecule is O=C(NC1CCN(c2cc(OCc3ccccn3)ncn2)CC1)c1ccc(-c2cccc(F)c2)nc1. The Balaban J connectivity index is 1.13. The van der Waals surface area contributed by atoms with Crippen molar-refractivity contribution in [2.75, 3.05) is 18.0 Å². The number of nitrogens with zero attached hydrogens (tertiary/aromatic N) is 5. The number of aromatic nitrogens is 4. The number of halogens is 1. The van der Waals surface area contributed by atoms with Crippen molar-refractivity contribution in [2.24, 2.45) is 0 Å². The van der Waals surface area contributed by atoms with Gasteiger partial charge in [-0.05, 0) is 49.2 Å². The lowest BCUT2D eigenvalue weighted by Gasteiger charge is -2.33. The van der Waals surface area contributed by atoms with Gasteiger partial charge < -0.3 is 15.0 Å². The number of amides is 1. The summed E-state index contributed by atoms with van der Waals surface area (Å²) in [5.41, 5.74) is 2.59. The minimum atomic E-state index is -0.322. The standard InChI is InChI=1S/C27H25FN6O2/c28-21-5-3-4-19(14-21)24-8-7-20(16-30-24)27(35)33-22-9-12-34(13-10-22)25-15-26(32-18-31-25)36-17-23-6-1-2-11-29-23/h1-8,11,14-16,18,22H,9-10,12-13,17H2,(H,33,35). The van der Waals surface area contributed by atoms with E-state index in [0.29, 0.717) is 29.3 Å².